The number of aryl methyl sites for hydroxylation is 6. The molecule has 14 rings (SSSR count). The highest BCUT2D eigenvalue weighted by Crippen LogP contribution is 2.52. The number of benzene rings is 11. The number of hydrogen-bond donors (Lipinski definition) is 0. The summed E-state index contributed by atoms with van der Waals surface area (Å²) in [5, 5.41) is 2.44. The van der Waals surface area contributed by atoms with Crippen LogP contribution in [0.4, 0.5) is 34.1 Å². The second-order valence-electron chi connectivity index (χ2n) is 26.2. The maximum atomic E-state index is 2.69. The number of nitrogens with zero attached hydrogens (tertiary/aromatic N) is 3. The van der Waals surface area contributed by atoms with Gasteiger partial charge in [0.15, 0.2) is 0 Å². The van der Waals surface area contributed by atoms with E-state index in [2.05, 4.69) is 316 Å². The maximum absolute atomic E-state index is 2.69. The zero-order chi connectivity index (χ0) is 58.1. The summed E-state index contributed by atoms with van der Waals surface area (Å²) < 4.78 is 2.57. The lowest BCUT2D eigenvalue weighted by Crippen LogP contribution is -2.62. The molecule has 11 aromatic carbocycles. The summed E-state index contributed by atoms with van der Waals surface area (Å²) in [7, 11) is 0. The lowest BCUT2D eigenvalue weighted by Gasteiger charge is -2.47. The van der Waals surface area contributed by atoms with Gasteiger partial charge in [0.05, 0.1) is 28.1 Å². The molecule has 2 aliphatic rings. The third-order valence-electron chi connectivity index (χ3n) is 18.1. The van der Waals surface area contributed by atoms with Crippen molar-refractivity contribution in [1.82, 2.24) is 4.57 Å². The van der Waals surface area contributed by atoms with Crippen LogP contribution in [0.1, 0.15) is 86.1 Å². The molecule has 0 saturated carbocycles. The molecular formula is C80H72BN3. The van der Waals surface area contributed by atoms with Crippen molar-refractivity contribution in [1.29, 1.82) is 0 Å². The van der Waals surface area contributed by atoms with Gasteiger partial charge in [0.25, 0.3) is 6.71 Å². The smallest absolute Gasteiger partial charge is 0.252 e. The van der Waals surface area contributed by atoms with Gasteiger partial charge in [0.2, 0.25) is 0 Å². The van der Waals surface area contributed by atoms with Crippen LogP contribution in [0.15, 0.2) is 218 Å². The molecule has 0 fully saturated rings. The van der Waals surface area contributed by atoms with E-state index in [1.165, 1.54) is 161 Å². The van der Waals surface area contributed by atoms with E-state index in [1.807, 2.05) is 0 Å². The third kappa shape index (κ3) is 8.63. The molecule has 0 spiro atoms. The number of aromatic nitrogens is 1. The molecule has 0 aliphatic carbocycles. The maximum Gasteiger partial charge on any atom is 0.252 e. The summed E-state index contributed by atoms with van der Waals surface area (Å²) in [6.45, 7) is 27.9. The van der Waals surface area contributed by atoms with E-state index in [-0.39, 0.29) is 17.5 Å². The Hall–Kier alpha value is -9.12. The summed E-state index contributed by atoms with van der Waals surface area (Å²) in [6.07, 6.45) is 0. The van der Waals surface area contributed by atoms with Crippen molar-refractivity contribution in [2.75, 3.05) is 9.80 Å². The monoisotopic (exact) mass is 1090 g/mol. The van der Waals surface area contributed by atoms with Crippen molar-refractivity contribution in [3.63, 3.8) is 0 Å². The molecule has 4 heteroatoms. The van der Waals surface area contributed by atoms with Gasteiger partial charge in [-0.25, -0.2) is 0 Å². The molecule has 410 valence electrons. The minimum Gasteiger partial charge on any atom is -0.311 e. The zero-order valence-electron chi connectivity index (χ0n) is 50.7. The minimum atomic E-state index is -0.194. The average molecular weight is 1090 g/mol. The molecule has 0 radical (unpaired) electrons. The van der Waals surface area contributed by atoms with Crippen LogP contribution in [-0.4, -0.2) is 11.3 Å². The van der Waals surface area contributed by atoms with Crippen molar-refractivity contribution in [2.45, 2.75) is 93.9 Å². The predicted octanol–water partition coefficient (Wildman–Crippen LogP) is 20.0. The Kier molecular flexibility index (Phi) is 12.5. The molecule has 3 nitrogen and oxygen atoms in total. The lowest BCUT2D eigenvalue weighted by molar-refractivity contribution is 0.592. The SMILES string of the molecule is Cc1cc(C)c(N2c3cc(C(C)(C)C)c(-c4ccccc4)cc3B3c4cc(-c5ccccc5)c(C(C)(C)C)cc4N(c4c(C)cc(C)cc4C)c4cc(-n5c6ccc(-c7ccccc7)cc6c6cc(-c7ccccc7)ccc65)cc2c43)c(C)c1. The summed E-state index contributed by atoms with van der Waals surface area (Å²) in [5.74, 6) is 0. The van der Waals surface area contributed by atoms with Crippen molar-refractivity contribution < 1.29 is 0 Å². The lowest BCUT2D eigenvalue weighted by atomic mass is 9.33. The van der Waals surface area contributed by atoms with E-state index in [1.54, 1.807) is 0 Å². The first-order chi connectivity index (χ1) is 40.4. The van der Waals surface area contributed by atoms with Crippen molar-refractivity contribution in [3.05, 3.63) is 263 Å². The molecule has 0 atom stereocenters. The topological polar surface area (TPSA) is 11.4 Å². The molecule has 0 N–H and O–H groups in total. The van der Waals surface area contributed by atoms with Gasteiger partial charge in [-0.2, -0.15) is 0 Å². The zero-order valence-corrected chi connectivity index (χ0v) is 50.7. The van der Waals surface area contributed by atoms with Gasteiger partial charge in [-0.3, -0.25) is 0 Å². The van der Waals surface area contributed by atoms with Gasteiger partial charge in [-0.1, -0.05) is 223 Å². The Labute approximate surface area is 497 Å². The van der Waals surface area contributed by atoms with Crippen molar-refractivity contribution in [3.8, 4) is 50.2 Å². The number of rotatable bonds is 7. The first-order valence-corrected chi connectivity index (χ1v) is 30.0. The van der Waals surface area contributed by atoms with E-state index in [0.29, 0.717) is 0 Å². The molecule has 0 amide bonds. The highest BCUT2D eigenvalue weighted by atomic mass is 15.2. The molecular weight excluding hydrogens is 1010 g/mol. The van der Waals surface area contributed by atoms with Gasteiger partial charge in [0.1, 0.15) is 0 Å². The fraction of sp³-hybridized carbons (Fsp3) is 0.175. The third-order valence-corrected chi connectivity index (χ3v) is 18.1. The molecule has 3 heterocycles. The van der Waals surface area contributed by atoms with E-state index in [0.717, 1.165) is 5.69 Å². The standard InChI is InChI=1S/C80H72BN3/c1-49-37-51(3)77(52(4)38-49)83-72-47-66(79(7,8)9)62(57-29-21-15-22-30-57)45-68(72)81-69-46-63(58-31-23-16-24-32-58)67(80(10,11)12)48-73(69)84(78-53(5)39-50(2)40-54(78)6)75-44-61(43-74(83)76(75)81)82-70-35-33-59(55-25-17-13-18-26-55)41-64(70)65-42-60(34-36-71(65)82)56-27-19-14-20-28-56/h13-48H,1-12H3. The largest absolute Gasteiger partial charge is 0.311 e. The molecule has 0 unspecified atom stereocenters. The van der Waals surface area contributed by atoms with Crippen LogP contribution < -0.4 is 26.2 Å². The number of fused-ring (bicyclic) bond motifs is 7. The Balaban J connectivity index is 1.18. The predicted molar refractivity (Wildman–Crippen MR) is 362 cm³/mol. The quantitative estimate of drug-likeness (QED) is 0.147. The van der Waals surface area contributed by atoms with Gasteiger partial charge in [-0.05, 0) is 195 Å². The van der Waals surface area contributed by atoms with E-state index in [4.69, 9.17) is 0 Å². The normalized spacial score (nSPS) is 12.9. The van der Waals surface area contributed by atoms with Crippen LogP contribution in [0.3, 0.4) is 0 Å². The van der Waals surface area contributed by atoms with Crippen LogP contribution in [-0.2, 0) is 10.8 Å². The van der Waals surface area contributed by atoms with Gasteiger partial charge >= 0.3 is 0 Å². The van der Waals surface area contributed by atoms with Gasteiger partial charge in [0, 0.05) is 33.5 Å². The Bertz CT molecular complexity index is 4280. The molecule has 0 saturated heterocycles. The van der Waals surface area contributed by atoms with Crippen LogP contribution in [0.2, 0.25) is 0 Å². The van der Waals surface area contributed by atoms with E-state index < -0.39 is 0 Å². The van der Waals surface area contributed by atoms with E-state index in [9.17, 15) is 0 Å². The van der Waals surface area contributed by atoms with Crippen LogP contribution in [0.25, 0.3) is 72.0 Å². The number of anilines is 6. The molecule has 12 aromatic rings. The molecule has 1 aromatic heterocycles. The summed E-state index contributed by atoms with van der Waals surface area (Å²) in [4.78, 5) is 5.38. The Morgan fingerprint density at radius 1 is 0.321 bits per heavy atom. The van der Waals surface area contributed by atoms with Crippen LogP contribution in [0, 0.1) is 41.5 Å². The second-order valence-corrected chi connectivity index (χ2v) is 26.2. The molecule has 2 aliphatic heterocycles. The fourth-order valence-corrected chi connectivity index (χ4v) is 14.6. The average Bonchev–Trinajstić information content (AvgIpc) is 0.816. The second kappa shape index (κ2) is 19.8. The fourth-order valence-electron chi connectivity index (χ4n) is 14.6. The van der Waals surface area contributed by atoms with Crippen molar-refractivity contribution in [2.24, 2.45) is 0 Å². The van der Waals surface area contributed by atoms with Crippen molar-refractivity contribution >= 4 is 79.0 Å². The Morgan fingerprint density at radius 2 is 0.667 bits per heavy atom. The summed E-state index contributed by atoms with van der Waals surface area (Å²) in [5.41, 5.74) is 34.2. The van der Waals surface area contributed by atoms with Crippen LogP contribution >= 0.6 is 0 Å². The highest BCUT2D eigenvalue weighted by Gasteiger charge is 2.46. The van der Waals surface area contributed by atoms with Crippen LogP contribution in [0.5, 0.6) is 0 Å². The van der Waals surface area contributed by atoms with Gasteiger partial charge in [-0.15, -0.1) is 0 Å². The first kappa shape index (κ1) is 52.9. The molecule has 84 heavy (non-hydrogen) atoms. The first-order valence-electron chi connectivity index (χ1n) is 30.0. The van der Waals surface area contributed by atoms with E-state index >= 15 is 0 Å². The highest BCUT2D eigenvalue weighted by molar-refractivity contribution is 7.00. The van der Waals surface area contributed by atoms with Gasteiger partial charge < -0.3 is 14.4 Å². The molecule has 0 bridgehead atoms. The minimum absolute atomic E-state index is 0.147. The Morgan fingerprint density at radius 3 is 1.01 bits per heavy atom. The summed E-state index contributed by atoms with van der Waals surface area (Å²) >= 11 is 0. The number of hydrogen-bond acceptors (Lipinski definition) is 2. The summed E-state index contributed by atoms with van der Waals surface area (Å²) in [6, 6.07) is 83.3.